The van der Waals surface area contributed by atoms with Crippen molar-refractivity contribution in [3.63, 3.8) is 0 Å². The molecule has 0 aliphatic carbocycles. The highest BCUT2D eigenvalue weighted by Crippen LogP contribution is 2.33. The maximum Gasteiger partial charge on any atom is 0.281 e. The summed E-state index contributed by atoms with van der Waals surface area (Å²) in [5, 5.41) is 6.55. The second-order valence-electron chi connectivity index (χ2n) is 13.5. The fraction of sp³-hybridized carbons (Fsp3) is 0.559. The molecule has 19 nitrogen and oxygen atoms in total. The molecule has 0 spiro atoms. The van der Waals surface area contributed by atoms with Crippen LogP contribution < -0.4 is 41.7 Å². The average molecular weight is 800 g/mol. The first kappa shape index (κ1) is 39.8. The van der Waals surface area contributed by atoms with Gasteiger partial charge in [-0.05, 0) is 13.0 Å². The van der Waals surface area contributed by atoms with Gasteiger partial charge in [-0.25, -0.2) is 32.5 Å². The molecule has 4 aromatic heterocycles. The van der Waals surface area contributed by atoms with Crippen molar-refractivity contribution < 1.29 is 27.0 Å². The van der Waals surface area contributed by atoms with Gasteiger partial charge in [-0.15, -0.1) is 0 Å². The first-order valence-corrected chi connectivity index (χ1v) is 18.7. The molecule has 4 saturated heterocycles. The van der Waals surface area contributed by atoms with Gasteiger partial charge >= 0.3 is 0 Å². The number of aromatic nitrogens is 9. The topological polar surface area (TPSA) is 224 Å². The Morgan fingerprint density at radius 2 is 1.16 bits per heavy atom. The molecule has 23 heteroatoms. The summed E-state index contributed by atoms with van der Waals surface area (Å²) in [7, 11) is 0. The van der Waals surface area contributed by atoms with E-state index in [0.29, 0.717) is 82.9 Å². The minimum absolute atomic E-state index is 0.0301. The number of nitrogens with one attached hydrogen (secondary N) is 2. The van der Waals surface area contributed by atoms with Gasteiger partial charge in [0.15, 0.2) is 11.6 Å². The van der Waals surface area contributed by atoms with Gasteiger partial charge in [0.05, 0.1) is 38.0 Å². The molecule has 0 saturated carbocycles. The molecule has 0 radical (unpaired) electrons. The van der Waals surface area contributed by atoms with Crippen LogP contribution in [0.3, 0.4) is 0 Å². The number of halogens is 4. The summed E-state index contributed by atoms with van der Waals surface area (Å²) < 4.78 is 65.3. The van der Waals surface area contributed by atoms with Crippen molar-refractivity contribution in [2.75, 3.05) is 129 Å². The first-order valence-electron chi connectivity index (χ1n) is 18.7. The molecular formula is C34H45F4N17O2. The van der Waals surface area contributed by atoms with Gasteiger partial charge in [0, 0.05) is 95.5 Å². The number of morpholine rings is 2. The van der Waals surface area contributed by atoms with Crippen molar-refractivity contribution in [1.82, 2.24) is 55.5 Å². The minimum Gasteiger partial charge on any atom is -0.384 e. The monoisotopic (exact) mass is 799 g/mol. The van der Waals surface area contributed by atoms with E-state index < -0.39 is 18.5 Å². The van der Waals surface area contributed by atoms with Crippen LogP contribution in [0.1, 0.15) is 31.0 Å². The summed E-state index contributed by atoms with van der Waals surface area (Å²) in [5.74, 6) is 1.90. The van der Waals surface area contributed by atoms with Crippen LogP contribution in [-0.2, 0) is 9.47 Å². The van der Waals surface area contributed by atoms with Crippen molar-refractivity contribution in [2.45, 2.75) is 25.8 Å². The lowest BCUT2D eigenvalue weighted by Gasteiger charge is -2.34. The largest absolute Gasteiger partial charge is 0.384 e. The third-order valence-electron chi connectivity index (χ3n) is 9.66. The van der Waals surface area contributed by atoms with Gasteiger partial charge in [0.2, 0.25) is 29.7 Å². The van der Waals surface area contributed by atoms with Gasteiger partial charge in [0.1, 0.15) is 11.5 Å². The van der Waals surface area contributed by atoms with E-state index in [-0.39, 0.29) is 46.1 Å². The number of anilines is 6. The van der Waals surface area contributed by atoms with Gasteiger partial charge in [0.25, 0.3) is 12.9 Å². The lowest BCUT2D eigenvalue weighted by Crippen LogP contribution is -2.46. The number of piperazine rings is 2. The third kappa shape index (κ3) is 9.60. The maximum atomic E-state index is 13.7. The SMILES string of the molecule is CC1COCCN1c1nc(-c2cnc(N)cc2C(F)F)nc(N2CCNCC2)n1.Nc1ncc(-c2nc(N3CCNCC3)nc(N3CCOCC3)n2)c(C(F)F)n1. The molecule has 4 aliphatic rings. The predicted molar refractivity (Wildman–Crippen MR) is 203 cm³/mol. The summed E-state index contributed by atoms with van der Waals surface area (Å²) in [4.78, 5) is 46.8. The van der Waals surface area contributed by atoms with E-state index in [4.69, 9.17) is 20.9 Å². The number of nitrogens with two attached hydrogens (primary N) is 2. The highest BCUT2D eigenvalue weighted by Gasteiger charge is 2.28. The standard InChI is InChI=1S/C18H24F2N8O.C16H21F2N9O/c1-11-10-29-7-6-28(11)18-25-16(13-9-23-14(21)8-12(13)15(19)20)24-17(26-18)27-4-2-22-3-5-27;17-12(18)11-10(9-21-14(19)22-11)13-23-15(26-3-1-20-2-4-26)25-16(24-13)27-5-7-28-8-6-27/h8-9,11,15,22H,2-7,10H2,1H3,(H2,21,23);9,12,20H,1-8H2,(H2,19,21,22). The van der Waals surface area contributed by atoms with E-state index >= 15 is 0 Å². The summed E-state index contributed by atoms with van der Waals surface area (Å²) >= 11 is 0. The van der Waals surface area contributed by atoms with Crippen molar-refractivity contribution in [3.05, 3.63) is 29.7 Å². The number of rotatable bonds is 8. The second-order valence-corrected chi connectivity index (χ2v) is 13.5. The quantitative estimate of drug-likeness (QED) is 0.184. The maximum absolute atomic E-state index is 13.7. The fourth-order valence-electron chi connectivity index (χ4n) is 6.62. The molecule has 4 aromatic rings. The van der Waals surface area contributed by atoms with Gasteiger partial charge in [-0.3, -0.25) is 0 Å². The number of alkyl halides is 4. The van der Waals surface area contributed by atoms with Crippen LogP contribution in [0.2, 0.25) is 0 Å². The summed E-state index contributed by atoms with van der Waals surface area (Å²) in [6.45, 7) is 12.1. The van der Waals surface area contributed by atoms with Crippen LogP contribution in [0.5, 0.6) is 0 Å². The fourth-order valence-corrected chi connectivity index (χ4v) is 6.62. The molecule has 8 heterocycles. The molecule has 8 rings (SSSR count). The van der Waals surface area contributed by atoms with Gasteiger partial charge < -0.3 is 51.2 Å². The highest BCUT2D eigenvalue weighted by atomic mass is 19.3. The summed E-state index contributed by atoms with van der Waals surface area (Å²) in [6, 6.07) is 1.24. The number of nitrogen functional groups attached to an aromatic ring is 2. The Morgan fingerprint density at radius 1 is 0.632 bits per heavy atom. The Hall–Kier alpha value is -5.39. The lowest BCUT2D eigenvalue weighted by atomic mass is 10.1. The molecule has 1 atom stereocenters. The number of hydrogen-bond donors (Lipinski definition) is 4. The molecule has 1 unspecified atom stereocenters. The van der Waals surface area contributed by atoms with E-state index in [9.17, 15) is 17.6 Å². The van der Waals surface area contributed by atoms with Crippen LogP contribution in [-0.4, -0.2) is 149 Å². The molecule has 6 N–H and O–H groups in total. The zero-order chi connectivity index (χ0) is 39.9. The Labute approximate surface area is 325 Å². The number of nitrogens with zero attached hydrogens (tertiary/aromatic N) is 13. The number of pyridine rings is 1. The smallest absolute Gasteiger partial charge is 0.281 e. The Balaban J connectivity index is 0.000000174. The van der Waals surface area contributed by atoms with E-state index in [1.165, 1.54) is 18.5 Å². The van der Waals surface area contributed by atoms with Crippen molar-refractivity contribution in [1.29, 1.82) is 0 Å². The summed E-state index contributed by atoms with van der Waals surface area (Å²) in [5.41, 5.74) is 10.6. The Kier molecular flexibility index (Phi) is 12.8. The van der Waals surface area contributed by atoms with Crippen molar-refractivity contribution in [2.24, 2.45) is 0 Å². The van der Waals surface area contributed by atoms with Gasteiger partial charge in [-0.2, -0.15) is 29.9 Å². The van der Waals surface area contributed by atoms with E-state index in [1.54, 1.807) is 0 Å². The molecular weight excluding hydrogens is 754 g/mol. The molecule has 4 fully saturated rings. The Morgan fingerprint density at radius 3 is 1.74 bits per heavy atom. The zero-order valence-corrected chi connectivity index (χ0v) is 31.4. The molecule has 0 bridgehead atoms. The van der Waals surface area contributed by atoms with Crippen molar-refractivity contribution in [3.8, 4) is 22.8 Å². The second kappa shape index (κ2) is 18.3. The molecule has 306 valence electrons. The zero-order valence-electron chi connectivity index (χ0n) is 31.4. The van der Waals surface area contributed by atoms with E-state index in [1.807, 2.05) is 26.5 Å². The van der Waals surface area contributed by atoms with Crippen LogP contribution in [0.25, 0.3) is 22.8 Å². The summed E-state index contributed by atoms with van der Waals surface area (Å²) in [6.07, 6.45) is -3.00. The van der Waals surface area contributed by atoms with Crippen LogP contribution in [0.15, 0.2) is 18.5 Å². The van der Waals surface area contributed by atoms with Gasteiger partial charge in [-0.1, -0.05) is 0 Å². The molecule has 57 heavy (non-hydrogen) atoms. The van der Waals surface area contributed by atoms with Crippen LogP contribution >= 0.6 is 0 Å². The average Bonchev–Trinajstić information content (AvgIpc) is 3.24. The van der Waals surface area contributed by atoms with Crippen LogP contribution in [0.4, 0.5) is 53.1 Å². The van der Waals surface area contributed by atoms with E-state index in [2.05, 4.69) is 55.5 Å². The first-order chi connectivity index (χ1) is 27.6. The predicted octanol–water partition coefficient (Wildman–Crippen LogP) is 1.18. The lowest BCUT2D eigenvalue weighted by molar-refractivity contribution is 0.0981. The minimum atomic E-state index is -2.83. The third-order valence-corrected chi connectivity index (χ3v) is 9.66. The highest BCUT2D eigenvalue weighted by molar-refractivity contribution is 5.65. The van der Waals surface area contributed by atoms with Crippen LogP contribution in [0, 0.1) is 0 Å². The molecule has 0 aromatic carbocycles. The molecule has 4 aliphatic heterocycles. The number of hydrogen-bond acceptors (Lipinski definition) is 19. The van der Waals surface area contributed by atoms with Crippen molar-refractivity contribution >= 4 is 35.6 Å². The molecule has 0 amide bonds. The Bertz CT molecular complexity index is 1930. The van der Waals surface area contributed by atoms with E-state index in [0.717, 1.165) is 39.3 Å². The number of ether oxygens (including phenoxy) is 2. The normalized spacial score (nSPS) is 19.2.